The predicted octanol–water partition coefficient (Wildman–Crippen LogP) is 2.64. The summed E-state index contributed by atoms with van der Waals surface area (Å²) >= 11 is 1.55. The van der Waals surface area contributed by atoms with E-state index in [4.69, 9.17) is 0 Å². The van der Waals surface area contributed by atoms with E-state index in [0.717, 1.165) is 30.3 Å². The molecule has 0 aliphatic heterocycles. The minimum atomic E-state index is -0.472. The number of aryl methyl sites for hydroxylation is 1. The third kappa shape index (κ3) is 3.44. The molecule has 1 aliphatic carbocycles. The van der Waals surface area contributed by atoms with Crippen molar-refractivity contribution in [1.29, 1.82) is 0 Å². The smallest absolute Gasteiger partial charge is 0.280 e. The first-order valence-corrected chi connectivity index (χ1v) is 10.1. The second-order valence-corrected chi connectivity index (χ2v) is 8.37. The van der Waals surface area contributed by atoms with Gasteiger partial charge < -0.3 is 0 Å². The Morgan fingerprint density at radius 2 is 1.72 bits per heavy atom. The van der Waals surface area contributed by atoms with Crippen LogP contribution >= 0.6 is 11.8 Å². The molecule has 0 radical (unpaired) electrons. The molecule has 150 valence electrons. The van der Waals surface area contributed by atoms with Gasteiger partial charge >= 0.3 is 5.69 Å². The summed E-state index contributed by atoms with van der Waals surface area (Å²) in [6.45, 7) is 0. The molecule has 0 atom stereocenters. The summed E-state index contributed by atoms with van der Waals surface area (Å²) in [7, 11) is 3.01. The predicted molar refractivity (Wildman–Crippen MR) is 110 cm³/mol. The molecule has 9 nitrogen and oxygen atoms in total. The SMILES string of the molecule is Cn1c(=O)c2c(SC3CCCC3)nc(-c3ccc([N+](=O)[O-])cc3)nc2n(C)c1=O. The number of hydrogen-bond donors (Lipinski definition) is 0. The van der Waals surface area contributed by atoms with E-state index in [1.54, 1.807) is 30.9 Å². The van der Waals surface area contributed by atoms with Crippen LogP contribution in [0.15, 0.2) is 38.9 Å². The monoisotopic (exact) mass is 413 g/mol. The van der Waals surface area contributed by atoms with Crippen molar-refractivity contribution in [3.63, 3.8) is 0 Å². The Bertz CT molecular complexity index is 1230. The molecule has 3 aromatic rings. The number of thioether (sulfide) groups is 1. The van der Waals surface area contributed by atoms with Gasteiger partial charge in [0.1, 0.15) is 10.4 Å². The maximum atomic E-state index is 12.8. The van der Waals surface area contributed by atoms with E-state index in [1.807, 2.05) is 0 Å². The van der Waals surface area contributed by atoms with E-state index in [0.29, 0.717) is 27.0 Å². The molecule has 1 saturated carbocycles. The summed E-state index contributed by atoms with van der Waals surface area (Å²) < 4.78 is 2.40. The van der Waals surface area contributed by atoms with Crippen LogP contribution in [0.3, 0.4) is 0 Å². The van der Waals surface area contributed by atoms with Gasteiger partial charge in [0.2, 0.25) is 0 Å². The maximum absolute atomic E-state index is 12.8. The third-order valence-corrected chi connectivity index (χ3v) is 6.51. The maximum Gasteiger partial charge on any atom is 0.332 e. The Balaban J connectivity index is 1.95. The van der Waals surface area contributed by atoms with Crippen LogP contribution in [0.1, 0.15) is 25.7 Å². The summed E-state index contributed by atoms with van der Waals surface area (Å²) in [5, 5.41) is 12.2. The summed E-state index contributed by atoms with van der Waals surface area (Å²) in [5.41, 5.74) is -0.0660. The van der Waals surface area contributed by atoms with Crippen molar-refractivity contribution in [2.24, 2.45) is 14.1 Å². The molecule has 0 N–H and O–H groups in total. The lowest BCUT2D eigenvalue weighted by Gasteiger charge is -2.14. The van der Waals surface area contributed by atoms with Gasteiger partial charge in [0.05, 0.1) is 4.92 Å². The molecule has 1 aromatic carbocycles. The fourth-order valence-corrected chi connectivity index (χ4v) is 4.86. The average molecular weight is 413 g/mol. The lowest BCUT2D eigenvalue weighted by Crippen LogP contribution is -2.37. The van der Waals surface area contributed by atoms with Gasteiger partial charge in [-0.15, -0.1) is 11.8 Å². The number of benzene rings is 1. The van der Waals surface area contributed by atoms with Gasteiger partial charge in [0, 0.05) is 37.0 Å². The van der Waals surface area contributed by atoms with Gasteiger partial charge in [0.25, 0.3) is 11.2 Å². The Morgan fingerprint density at radius 1 is 1.07 bits per heavy atom. The molecule has 10 heteroatoms. The topological polar surface area (TPSA) is 113 Å². The van der Waals surface area contributed by atoms with Crippen molar-refractivity contribution in [3.8, 4) is 11.4 Å². The van der Waals surface area contributed by atoms with Crippen LogP contribution in [-0.4, -0.2) is 29.3 Å². The van der Waals surface area contributed by atoms with Crippen LogP contribution in [0, 0.1) is 10.1 Å². The molecule has 0 bridgehead atoms. The first-order valence-electron chi connectivity index (χ1n) is 9.26. The quantitative estimate of drug-likeness (QED) is 0.367. The minimum absolute atomic E-state index is 0.0311. The van der Waals surface area contributed by atoms with Crippen molar-refractivity contribution in [3.05, 3.63) is 55.2 Å². The normalized spacial score (nSPS) is 14.6. The highest BCUT2D eigenvalue weighted by molar-refractivity contribution is 8.00. The van der Waals surface area contributed by atoms with Crippen molar-refractivity contribution in [2.75, 3.05) is 0 Å². The molecule has 0 amide bonds. The summed E-state index contributed by atoms with van der Waals surface area (Å²) in [5.74, 6) is 0.330. The molecule has 0 saturated heterocycles. The van der Waals surface area contributed by atoms with Crippen LogP contribution in [-0.2, 0) is 14.1 Å². The number of nitrogens with zero attached hydrogens (tertiary/aromatic N) is 5. The summed E-state index contributed by atoms with van der Waals surface area (Å²) in [6.07, 6.45) is 4.39. The molecule has 2 heterocycles. The number of rotatable bonds is 4. The fraction of sp³-hybridized carbons (Fsp3) is 0.368. The second kappa shape index (κ2) is 7.43. The summed E-state index contributed by atoms with van der Waals surface area (Å²) in [4.78, 5) is 44.8. The molecular formula is C19H19N5O4S. The van der Waals surface area contributed by atoms with Crippen molar-refractivity contribution >= 4 is 28.5 Å². The van der Waals surface area contributed by atoms with Crippen molar-refractivity contribution in [2.45, 2.75) is 36.0 Å². The van der Waals surface area contributed by atoms with Crippen LogP contribution < -0.4 is 11.2 Å². The number of nitro benzene ring substituents is 1. The van der Waals surface area contributed by atoms with E-state index < -0.39 is 16.2 Å². The highest BCUT2D eigenvalue weighted by Crippen LogP contribution is 2.36. The van der Waals surface area contributed by atoms with Gasteiger partial charge in [0.15, 0.2) is 11.5 Å². The fourth-order valence-electron chi connectivity index (χ4n) is 3.54. The number of fused-ring (bicyclic) bond motifs is 1. The zero-order valence-corrected chi connectivity index (χ0v) is 16.8. The van der Waals surface area contributed by atoms with Crippen LogP contribution in [0.4, 0.5) is 5.69 Å². The number of hydrogen-bond acceptors (Lipinski definition) is 7. The van der Waals surface area contributed by atoms with E-state index >= 15 is 0 Å². The van der Waals surface area contributed by atoms with E-state index in [2.05, 4.69) is 9.97 Å². The number of nitro groups is 1. The van der Waals surface area contributed by atoms with E-state index in [1.165, 1.54) is 23.7 Å². The minimum Gasteiger partial charge on any atom is -0.280 e. The first-order chi connectivity index (χ1) is 13.9. The Labute approximate surface area is 169 Å². The molecule has 29 heavy (non-hydrogen) atoms. The molecule has 0 spiro atoms. The van der Waals surface area contributed by atoms with Crippen LogP contribution in [0.5, 0.6) is 0 Å². The number of aromatic nitrogens is 4. The third-order valence-electron chi connectivity index (χ3n) is 5.18. The number of non-ortho nitro benzene ring substituents is 1. The van der Waals surface area contributed by atoms with Crippen LogP contribution in [0.2, 0.25) is 0 Å². The molecule has 4 rings (SSSR count). The van der Waals surface area contributed by atoms with Gasteiger partial charge in [-0.2, -0.15) is 0 Å². The Hall–Kier alpha value is -3.01. The Morgan fingerprint density at radius 3 is 2.34 bits per heavy atom. The summed E-state index contributed by atoms with van der Waals surface area (Å²) in [6, 6.07) is 5.91. The second-order valence-electron chi connectivity index (χ2n) is 7.09. The van der Waals surface area contributed by atoms with Crippen molar-refractivity contribution in [1.82, 2.24) is 19.1 Å². The van der Waals surface area contributed by atoms with Gasteiger partial charge in [-0.1, -0.05) is 12.8 Å². The van der Waals surface area contributed by atoms with Gasteiger partial charge in [-0.05, 0) is 25.0 Å². The van der Waals surface area contributed by atoms with E-state index in [9.17, 15) is 19.7 Å². The molecule has 1 fully saturated rings. The molecule has 0 unspecified atom stereocenters. The highest BCUT2D eigenvalue weighted by atomic mass is 32.2. The lowest BCUT2D eigenvalue weighted by atomic mass is 10.2. The van der Waals surface area contributed by atoms with Gasteiger partial charge in [-0.25, -0.2) is 14.8 Å². The Kier molecular flexibility index (Phi) is 4.95. The average Bonchev–Trinajstić information content (AvgIpc) is 3.23. The van der Waals surface area contributed by atoms with Crippen LogP contribution in [0.25, 0.3) is 22.4 Å². The van der Waals surface area contributed by atoms with E-state index in [-0.39, 0.29) is 11.3 Å². The zero-order valence-electron chi connectivity index (χ0n) is 16.0. The molecule has 1 aliphatic rings. The molecular weight excluding hydrogens is 394 g/mol. The molecule has 2 aromatic heterocycles. The van der Waals surface area contributed by atoms with Gasteiger partial charge in [-0.3, -0.25) is 24.0 Å². The largest absolute Gasteiger partial charge is 0.332 e. The zero-order chi connectivity index (χ0) is 20.7. The lowest BCUT2D eigenvalue weighted by molar-refractivity contribution is -0.384. The highest BCUT2D eigenvalue weighted by Gasteiger charge is 2.23. The first kappa shape index (κ1) is 19.3. The standard InChI is InChI=1S/C19H19N5O4S/c1-22-16-14(18(25)23(2)19(22)26)17(29-13-5-3-4-6-13)21-15(20-16)11-7-9-12(10-8-11)24(27)28/h7-10,13H,3-6H2,1-2H3. The van der Waals surface area contributed by atoms with Crippen molar-refractivity contribution < 1.29 is 4.92 Å².